The van der Waals surface area contributed by atoms with Crippen molar-refractivity contribution in [1.82, 2.24) is 9.88 Å². The zero-order valence-electron chi connectivity index (χ0n) is 17.0. The van der Waals surface area contributed by atoms with Gasteiger partial charge in [0.15, 0.2) is 11.7 Å². The van der Waals surface area contributed by atoms with Gasteiger partial charge >= 0.3 is 0 Å². The molecule has 31 heavy (non-hydrogen) atoms. The molecule has 0 spiro atoms. The van der Waals surface area contributed by atoms with E-state index in [0.29, 0.717) is 33.7 Å². The molecule has 7 nitrogen and oxygen atoms in total. The van der Waals surface area contributed by atoms with Gasteiger partial charge in [0.1, 0.15) is 11.6 Å². The van der Waals surface area contributed by atoms with Gasteiger partial charge in [0, 0.05) is 24.9 Å². The van der Waals surface area contributed by atoms with Crippen LogP contribution in [-0.4, -0.2) is 42.4 Å². The summed E-state index contributed by atoms with van der Waals surface area (Å²) < 4.78 is 24.6. The summed E-state index contributed by atoms with van der Waals surface area (Å²) in [6.07, 6.45) is 1.73. The number of aryl methyl sites for hydroxylation is 1. The van der Waals surface area contributed by atoms with Gasteiger partial charge in [-0.05, 0) is 30.3 Å². The highest BCUT2D eigenvalue weighted by atomic mass is 35.5. The number of methoxy groups -OCH3 is 1. The summed E-state index contributed by atoms with van der Waals surface area (Å²) in [5.41, 5.74) is 0.721. The minimum absolute atomic E-state index is 0.0848. The summed E-state index contributed by atoms with van der Waals surface area (Å²) in [4.78, 5) is 30.1. The van der Waals surface area contributed by atoms with E-state index in [4.69, 9.17) is 20.8 Å². The Labute approximate surface area is 183 Å². The summed E-state index contributed by atoms with van der Waals surface area (Å²) in [7, 11) is 3.01. The fraction of sp³-hybridized carbons (Fsp3) is 0.227. The van der Waals surface area contributed by atoms with Crippen LogP contribution in [0.15, 0.2) is 53.1 Å². The molecule has 3 rings (SSSR count). The second-order valence-corrected chi connectivity index (χ2v) is 7.18. The molecule has 162 valence electrons. The number of benzene rings is 2. The summed E-state index contributed by atoms with van der Waals surface area (Å²) >= 11 is 5.96. The number of carbonyl (C=O) groups is 2. The molecular weight excluding hydrogens is 425 g/mol. The van der Waals surface area contributed by atoms with Gasteiger partial charge in [0.2, 0.25) is 11.8 Å². The van der Waals surface area contributed by atoms with Crippen LogP contribution in [0, 0.1) is 5.82 Å². The maximum atomic E-state index is 13.9. The third-order valence-corrected chi connectivity index (χ3v) is 4.72. The van der Waals surface area contributed by atoms with Gasteiger partial charge in [-0.2, -0.15) is 0 Å². The Kier molecular flexibility index (Phi) is 7.25. The lowest BCUT2D eigenvalue weighted by atomic mass is 10.2. The van der Waals surface area contributed by atoms with E-state index >= 15 is 0 Å². The Hall–Kier alpha value is -3.39. The second kappa shape index (κ2) is 10.1. The number of nitrogens with one attached hydrogen (secondary N) is 1. The predicted octanol–water partition coefficient (Wildman–Crippen LogP) is 4.17. The lowest BCUT2D eigenvalue weighted by Gasteiger charge is -2.17. The molecule has 0 saturated heterocycles. The number of hydrogen-bond acceptors (Lipinski definition) is 5. The minimum Gasteiger partial charge on any atom is -0.495 e. The molecule has 9 heteroatoms. The summed E-state index contributed by atoms with van der Waals surface area (Å²) in [6, 6.07) is 11.1. The number of likely N-dealkylation sites (N-methyl/N-ethyl adjacent to an activating group) is 1. The van der Waals surface area contributed by atoms with E-state index in [1.54, 1.807) is 36.4 Å². The van der Waals surface area contributed by atoms with Crippen LogP contribution in [0.4, 0.5) is 10.1 Å². The van der Waals surface area contributed by atoms with E-state index in [9.17, 15) is 14.0 Å². The molecule has 0 aliphatic carbocycles. The van der Waals surface area contributed by atoms with E-state index in [0.717, 1.165) is 0 Å². The molecule has 0 aliphatic rings. The first kappa shape index (κ1) is 22.3. The van der Waals surface area contributed by atoms with Gasteiger partial charge in [-0.25, -0.2) is 9.37 Å². The maximum Gasteiger partial charge on any atom is 0.244 e. The molecule has 1 N–H and O–H groups in total. The number of hydrogen-bond donors (Lipinski definition) is 1. The van der Waals surface area contributed by atoms with Gasteiger partial charge in [-0.1, -0.05) is 23.7 Å². The Balaban J connectivity index is 1.53. The number of amides is 2. The predicted molar refractivity (Wildman–Crippen MR) is 114 cm³/mol. The van der Waals surface area contributed by atoms with E-state index in [-0.39, 0.29) is 25.3 Å². The van der Waals surface area contributed by atoms with Gasteiger partial charge in [-0.15, -0.1) is 0 Å². The number of halogens is 2. The van der Waals surface area contributed by atoms with Crippen molar-refractivity contribution in [2.24, 2.45) is 0 Å². The Bertz CT molecular complexity index is 1090. The molecule has 0 fully saturated rings. The fourth-order valence-electron chi connectivity index (χ4n) is 2.89. The molecular formula is C22H21ClFN3O4. The van der Waals surface area contributed by atoms with Crippen molar-refractivity contribution in [3.05, 3.63) is 65.4 Å². The first-order valence-electron chi connectivity index (χ1n) is 9.44. The highest BCUT2D eigenvalue weighted by Crippen LogP contribution is 2.27. The monoisotopic (exact) mass is 445 g/mol. The quantitative estimate of drug-likeness (QED) is 0.562. The van der Waals surface area contributed by atoms with Crippen LogP contribution in [0.1, 0.15) is 12.3 Å². The molecule has 0 unspecified atom stereocenters. The van der Waals surface area contributed by atoms with Crippen LogP contribution in [0.2, 0.25) is 5.02 Å². The number of aromatic nitrogens is 1. The van der Waals surface area contributed by atoms with Crippen molar-refractivity contribution in [3.8, 4) is 17.1 Å². The van der Waals surface area contributed by atoms with Crippen LogP contribution in [0.3, 0.4) is 0 Å². The van der Waals surface area contributed by atoms with Gasteiger partial charge < -0.3 is 19.4 Å². The molecule has 0 radical (unpaired) electrons. The lowest BCUT2D eigenvalue weighted by molar-refractivity contribution is -0.133. The maximum absolute atomic E-state index is 13.9. The van der Waals surface area contributed by atoms with Crippen molar-refractivity contribution >= 4 is 29.1 Å². The van der Waals surface area contributed by atoms with Gasteiger partial charge in [0.05, 0.1) is 31.1 Å². The van der Waals surface area contributed by atoms with Gasteiger partial charge in [0.25, 0.3) is 0 Å². The number of anilines is 1. The molecule has 2 aromatic carbocycles. The average Bonchev–Trinajstić information content (AvgIpc) is 3.21. The molecule has 1 heterocycles. The van der Waals surface area contributed by atoms with E-state index in [1.807, 2.05) is 0 Å². The highest BCUT2D eigenvalue weighted by molar-refractivity contribution is 6.31. The molecule has 2 amide bonds. The summed E-state index contributed by atoms with van der Waals surface area (Å²) in [6.45, 7) is -0.152. The number of carbonyl (C=O) groups excluding carboxylic acids is 2. The molecule has 0 bridgehead atoms. The lowest BCUT2D eigenvalue weighted by Crippen LogP contribution is -2.35. The normalized spacial score (nSPS) is 10.6. The fourth-order valence-corrected chi connectivity index (χ4v) is 3.06. The largest absolute Gasteiger partial charge is 0.495 e. The molecule has 1 aromatic heterocycles. The number of nitrogens with zero attached hydrogens (tertiary/aromatic N) is 2. The minimum atomic E-state index is -0.414. The van der Waals surface area contributed by atoms with Crippen LogP contribution in [0.25, 0.3) is 11.3 Å². The van der Waals surface area contributed by atoms with E-state index in [2.05, 4.69) is 10.3 Å². The van der Waals surface area contributed by atoms with Gasteiger partial charge in [-0.3, -0.25) is 9.59 Å². The summed E-state index contributed by atoms with van der Waals surface area (Å²) in [5.74, 6) is -0.00487. The smallest absolute Gasteiger partial charge is 0.244 e. The molecule has 0 saturated carbocycles. The molecule has 3 aromatic rings. The molecule has 0 aliphatic heterocycles. The second-order valence-electron chi connectivity index (χ2n) is 6.74. The van der Waals surface area contributed by atoms with Crippen molar-refractivity contribution < 1.29 is 23.1 Å². The third kappa shape index (κ3) is 5.82. The third-order valence-electron chi connectivity index (χ3n) is 4.49. The van der Waals surface area contributed by atoms with E-state index < -0.39 is 11.7 Å². The van der Waals surface area contributed by atoms with Crippen LogP contribution in [-0.2, 0) is 16.0 Å². The average molecular weight is 446 g/mol. The standard InChI is InChI=1S/C22H21ClFN3O4/c1-27(13-20(28)26-17-11-14(23)7-8-18(17)30-2)22(29)10-9-21-25-12-19(31-21)15-5-3-4-6-16(15)24/h3-8,11-12H,9-10,13H2,1-2H3,(H,26,28). The Morgan fingerprint density at radius 3 is 2.77 bits per heavy atom. The topological polar surface area (TPSA) is 84.7 Å². The van der Waals surface area contributed by atoms with Crippen molar-refractivity contribution in [1.29, 1.82) is 0 Å². The SMILES string of the molecule is COc1ccc(Cl)cc1NC(=O)CN(C)C(=O)CCc1ncc(-c2ccccc2F)o1. The Morgan fingerprint density at radius 1 is 1.26 bits per heavy atom. The number of oxazole rings is 1. The van der Waals surface area contributed by atoms with Crippen LogP contribution >= 0.6 is 11.6 Å². The molecule has 0 atom stereocenters. The Morgan fingerprint density at radius 2 is 2.03 bits per heavy atom. The van der Waals surface area contributed by atoms with Crippen LogP contribution in [0.5, 0.6) is 5.75 Å². The van der Waals surface area contributed by atoms with Crippen molar-refractivity contribution in [3.63, 3.8) is 0 Å². The zero-order valence-corrected chi connectivity index (χ0v) is 17.8. The first-order valence-corrected chi connectivity index (χ1v) is 9.82. The van der Waals surface area contributed by atoms with Crippen LogP contribution < -0.4 is 10.1 Å². The number of ether oxygens (including phenoxy) is 1. The van der Waals surface area contributed by atoms with Crippen molar-refractivity contribution in [2.45, 2.75) is 12.8 Å². The number of rotatable bonds is 8. The van der Waals surface area contributed by atoms with Crippen molar-refractivity contribution in [2.75, 3.05) is 26.0 Å². The first-order chi connectivity index (χ1) is 14.9. The highest BCUT2D eigenvalue weighted by Gasteiger charge is 2.17. The zero-order chi connectivity index (χ0) is 22.4. The summed E-state index contributed by atoms with van der Waals surface area (Å²) in [5, 5.41) is 3.13. The van der Waals surface area contributed by atoms with E-state index in [1.165, 1.54) is 31.3 Å².